The Balaban J connectivity index is 1.51. The van der Waals surface area contributed by atoms with E-state index in [2.05, 4.69) is 12.2 Å². The van der Waals surface area contributed by atoms with E-state index in [9.17, 15) is 14.0 Å². The highest BCUT2D eigenvalue weighted by Gasteiger charge is 2.48. The average Bonchev–Trinajstić information content (AvgIpc) is 3.22. The molecule has 1 aliphatic carbocycles. The molecule has 26 heavy (non-hydrogen) atoms. The van der Waals surface area contributed by atoms with Crippen LogP contribution in [0.3, 0.4) is 0 Å². The zero-order valence-corrected chi connectivity index (χ0v) is 15.7. The van der Waals surface area contributed by atoms with E-state index in [4.69, 9.17) is 5.26 Å². The van der Waals surface area contributed by atoms with Crippen LogP contribution >= 0.6 is 0 Å². The van der Waals surface area contributed by atoms with Crippen molar-refractivity contribution in [2.75, 3.05) is 40.3 Å². The van der Waals surface area contributed by atoms with E-state index in [0.29, 0.717) is 11.8 Å². The molecular formula is C18H28FN5O2. The van der Waals surface area contributed by atoms with Crippen LogP contribution in [0.5, 0.6) is 0 Å². The molecule has 144 valence electrons. The highest BCUT2D eigenvalue weighted by molar-refractivity contribution is 5.79. The Kier molecular flexibility index (Phi) is 5.11. The Morgan fingerprint density at radius 2 is 1.88 bits per heavy atom. The van der Waals surface area contributed by atoms with Crippen molar-refractivity contribution >= 4 is 11.9 Å². The number of nitriles is 1. The lowest BCUT2D eigenvalue weighted by Crippen LogP contribution is -2.49. The Bertz CT molecular complexity index is 605. The van der Waals surface area contributed by atoms with E-state index in [1.165, 1.54) is 4.90 Å². The van der Waals surface area contributed by atoms with Gasteiger partial charge in [-0.25, -0.2) is 9.18 Å². The van der Waals surface area contributed by atoms with Crippen LogP contribution in [-0.4, -0.2) is 84.7 Å². The van der Waals surface area contributed by atoms with Crippen molar-refractivity contribution < 1.29 is 14.0 Å². The van der Waals surface area contributed by atoms with Crippen molar-refractivity contribution in [2.24, 2.45) is 11.8 Å². The molecule has 8 heteroatoms. The van der Waals surface area contributed by atoms with E-state index in [-0.39, 0.29) is 37.0 Å². The third-order valence-electron chi connectivity index (χ3n) is 6.04. The third-order valence-corrected chi connectivity index (χ3v) is 6.04. The molecule has 3 fully saturated rings. The number of likely N-dealkylation sites (tertiary alicyclic amines) is 2. The van der Waals surface area contributed by atoms with Gasteiger partial charge in [0.15, 0.2) is 0 Å². The lowest BCUT2D eigenvalue weighted by molar-refractivity contribution is -0.130. The standard InChI is InChI=1S/C18H28FN5O2/c1-18(21-8-16(25)24-11-14(19)4-15(24)7-20)5-12-9-23(10-13(12)6-18)17(26)22(2)3/h12-15,21H,4-6,8-11H2,1-3H3. The number of nitrogens with one attached hydrogen (secondary N) is 1. The molecule has 0 bridgehead atoms. The number of nitrogens with zero attached hydrogens (tertiary/aromatic N) is 4. The summed E-state index contributed by atoms with van der Waals surface area (Å²) >= 11 is 0. The van der Waals surface area contributed by atoms with E-state index in [0.717, 1.165) is 25.9 Å². The molecule has 7 nitrogen and oxygen atoms in total. The Morgan fingerprint density at radius 1 is 1.27 bits per heavy atom. The number of alkyl halides is 1. The van der Waals surface area contributed by atoms with Gasteiger partial charge in [-0.3, -0.25) is 4.79 Å². The summed E-state index contributed by atoms with van der Waals surface area (Å²) in [5, 5.41) is 12.4. The molecule has 3 aliphatic rings. The summed E-state index contributed by atoms with van der Waals surface area (Å²) in [5.41, 5.74) is -0.158. The van der Waals surface area contributed by atoms with Gasteiger partial charge in [0.05, 0.1) is 19.2 Å². The average molecular weight is 365 g/mol. The maximum atomic E-state index is 13.5. The number of urea groups is 1. The zero-order chi connectivity index (χ0) is 19.1. The normalized spacial score (nSPS) is 36.1. The molecule has 4 unspecified atom stereocenters. The van der Waals surface area contributed by atoms with Crippen molar-refractivity contribution in [3.05, 3.63) is 0 Å². The molecule has 0 aromatic rings. The van der Waals surface area contributed by atoms with E-state index in [1.54, 1.807) is 19.0 Å². The van der Waals surface area contributed by atoms with Crippen LogP contribution in [0, 0.1) is 23.2 Å². The Morgan fingerprint density at radius 3 is 2.42 bits per heavy atom. The number of carbonyl (C=O) groups excluding carboxylic acids is 2. The molecule has 2 aliphatic heterocycles. The van der Waals surface area contributed by atoms with Crippen LogP contribution in [0.1, 0.15) is 26.2 Å². The van der Waals surface area contributed by atoms with Crippen molar-refractivity contribution in [1.29, 1.82) is 5.26 Å². The number of rotatable bonds is 3. The molecule has 0 aromatic heterocycles. The van der Waals surface area contributed by atoms with Crippen molar-refractivity contribution in [1.82, 2.24) is 20.0 Å². The number of hydrogen-bond acceptors (Lipinski definition) is 4. The predicted molar refractivity (Wildman–Crippen MR) is 93.9 cm³/mol. The molecule has 3 rings (SSSR count). The molecule has 2 heterocycles. The highest BCUT2D eigenvalue weighted by Crippen LogP contribution is 2.43. The van der Waals surface area contributed by atoms with Gasteiger partial charge >= 0.3 is 6.03 Å². The second kappa shape index (κ2) is 7.03. The van der Waals surface area contributed by atoms with Crippen molar-refractivity contribution in [2.45, 2.75) is 43.9 Å². The van der Waals surface area contributed by atoms with Gasteiger partial charge in [-0.2, -0.15) is 5.26 Å². The van der Waals surface area contributed by atoms with Crippen molar-refractivity contribution in [3.63, 3.8) is 0 Å². The zero-order valence-electron chi connectivity index (χ0n) is 15.7. The highest BCUT2D eigenvalue weighted by atomic mass is 19.1. The molecular weight excluding hydrogens is 337 g/mol. The van der Waals surface area contributed by atoms with Gasteiger partial charge in [-0.1, -0.05) is 0 Å². The number of amides is 3. The van der Waals surface area contributed by atoms with E-state index in [1.807, 2.05) is 11.0 Å². The first kappa shape index (κ1) is 18.9. The van der Waals surface area contributed by atoms with Gasteiger partial charge in [0.1, 0.15) is 12.2 Å². The summed E-state index contributed by atoms with van der Waals surface area (Å²) in [5.74, 6) is 0.681. The second-order valence-electron chi connectivity index (χ2n) is 8.45. The van der Waals surface area contributed by atoms with Gasteiger partial charge < -0.3 is 20.0 Å². The molecule has 0 radical (unpaired) electrons. The van der Waals surface area contributed by atoms with E-state index >= 15 is 0 Å². The first-order chi connectivity index (χ1) is 12.2. The summed E-state index contributed by atoms with van der Waals surface area (Å²) in [6, 6.07) is 1.42. The first-order valence-corrected chi connectivity index (χ1v) is 9.27. The van der Waals surface area contributed by atoms with Crippen LogP contribution in [0.2, 0.25) is 0 Å². The maximum absolute atomic E-state index is 13.5. The quantitative estimate of drug-likeness (QED) is 0.803. The predicted octanol–water partition coefficient (Wildman–Crippen LogP) is 0.821. The van der Waals surface area contributed by atoms with Gasteiger partial charge in [-0.15, -0.1) is 0 Å². The molecule has 2 saturated heterocycles. The minimum atomic E-state index is -1.11. The first-order valence-electron chi connectivity index (χ1n) is 9.27. The second-order valence-corrected chi connectivity index (χ2v) is 8.45. The fraction of sp³-hybridized carbons (Fsp3) is 0.833. The SMILES string of the molecule is CN(C)C(=O)N1CC2CC(C)(NCC(=O)N3CC(F)CC3C#N)CC2C1. The van der Waals surface area contributed by atoms with Crippen LogP contribution in [0.15, 0.2) is 0 Å². The third kappa shape index (κ3) is 3.63. The minimum absolute atomic E-state index is 0.0162. The molecule has 0 spiro atoms. The summed E-state index contributed by atoms with van der Waals surface area (Å²) < 4.78 is 13.5. The fourth-order valence-corrected chi connectivity index (χ4v) is 4.80. The smallest absolute Gasteiger partial charge is 0.319 e. The van der Waals surface area contributed by atoms with E-state index < -0.39 is 12.2 Å². The van der Waals surface area contributed by atoms with Gasteiger partial charge in [-0.05, 0) is 31.6 Å². The Hall–Kier alpha value is -1.88. The number of fused-ring (bicyclic) bond motifs is 1. The maximum Gasteiger partial charge on any atom is 0.319 e. The molecule has 3 amide bonds. The number of carbonyl (C=O) groups is 2. The molecule has 1 N–H and O–H groups in total. The topological polar surface area (TPSA) is 79.7 Å². The fourth-order valence-electron chi connectivity index (χ4n) is 4.80. The molecule has 1 saturated carbocycles. The van der Waals surface area contributed by atoms with Crippen molar-refractivity contribution in [3.8, 4) is 6.07 Å². The largest absolute Gasteiger partial charge is 0.331 e. The van der Waals surface area contributed by atoms with Crippen LogP contribution < -0.4 is 5.32 Å². The monoisotopic (exact) mass is 365 g/mol. The molecule has 4 atom stereocenters. The Labute approximate surface area is 154 Å². The number of halogens is 1. The van der Waals surface area contributed by atoms with Crippen LogP contribution in [0.4, 0.5) is 9.18 Å². The lowest BCUT2D eigenvalue weighted by atomic mass is 9.98. The summed E-state index contributed by atoms with van der Waals surface area (Å²) in [6.45, 7) is 3.78. The number of hydrogen-bond donors (Lipinski definition) is 1. The van der Waals surface area contributed by atoms with Gasteiger partial charge in [0.25, 0.3) is 0 Å². The van der Waals surface area contributed by atoms with Gasteiger partial charge in [0, 0.05) is 39.1 Å². The summed E-state index contributed by atoms with van der Waals surface area (Å²) in [7, 11) is 3.53. The minimum Gasteiger partial charge on any atom is -0.331 e. The molecule has 0 aromatic carbocycles. The summed E-state index contributed by atoms with van der Waals surface area (Å²) in [6.07, 6.45) is 0.829. The van der Waals surface area contributed by atoms with Gasteiger partial charge in [0.2, 0.25) is 5.91 Å². The van der Waals surface area contributed by atoms with Crippen LogP contribution in [0.25, 0.3) is 0 Å². The summed E-state index contributed by atoms with van der Waals surface area (Å²) in [4.78, 5) is 29.4. The van der Waals surface area contributed by atoms with Crippen LogP contribution in [-0.2, 0) is 4.79 Å². The lowest BCUT2D eigenvalue weighted by Gasteiger charge is -2.30.